The summed E-state index contributed by atoms with van der Waals surface area (Å²) < 4.78 is 6.18. The van der Waals surface area contributed by atoms with Crippen LogP contribution in [0, 0.1) is 0 Å². The van der Waals surface area contributed by atoms with Crippen LogP contribution in [0.4, 0.5) is 10.5 Å². The molecule has 1 aromatic carbocycles. The van der Waals surface area contributed by atoms with Crippen molar-refractivity contribution in [3.8, 4) is 0 Å². The van der Waals surface area contributed by atoms with Gasteiger partial charge in [-0.15, -0.1) is 5.01 Å². The molecular formula is C18H29N6O2P. The Kier molecular flexibility index (Phi) is 6.59. The first-order chi connectivity index (χ1) is 12.7. The van der Waals surface area contributed by atoms with Crippen LogP contribution < -0.4 is 5.32 Å². The first kappa shape index (κ1) is 21.3. The van der Waals surface area contributed by atoms with Gasteiger partial charge in [0.05, 0.1) is 13.0 Å². The van der Waals surface area contributed by atoms with Gasteiger partial charge >= 0.3 is 6.03 Å². The van der Waals surface area contributed by atoms with Crippen molar-refractivity contribution >= 4 is 36.0 Å². The molecule has 8 nitrogen and oxygen atoms in total. The van der Waals surface area contributed by atoms with Crippen LogP contribution in [0.2, 0.25) is 0 Å². The molecule has 1 heterocycles. The van der Waals surface area contributed by atoms with E-state index in [9.17, 15) is 9.59 Å². The maximum Gasteiger partial charge on any atom is 0.349 e. The molecule has 0 unspecified atom stereocenters. The van der Waals surface area contributed by atoms with Gasteiger partial charge < -0.3 is 5.32 Å². The van der Waals surface area contributed by atoms with E-state index in [-0.39, 0.29) is 5.91 Å². The third kappa shape index (κ3) is 3.71. The van der Waals surface area contributed by atoms with Crippen LogP contribution in [-0.4, -0.2) is 84.2 Å². The Balaban J connectivity index is 2.56. The number of benzene rings is 1. The molecule has 1 aliphatic rings. The van der Waals surface area contributed by atoms with Crippen molar-refractivity contribution in [2.45, 2.75) is 13.3 Å². The number of carbonyl (C=O) groups excluding carboxylic acids is 2. The number of imide groups is 1. The minimum absolute atomic E-state index is 0.371. The zero-order valence-electron chi connectivity index (χ0n) is 17.1. The summed E-state index contributed by atoms with van der Waals surface area (Å²) in [5.41, 5.74) is 1.26. The number of anilines is 1. The van der Waals surface area contributed by atoms with Crippen molar-refractivity contribution in [3.63, 3.8) is 0 Å². The summed E-state index contributed by atoms with van der Waals surface area (Å²) in [5.74, 6) is -0.371. The number of nitrogens with zero attached hydrogens (tertiary/aromatic N) is 5. The van der Waals surface area contributed by atoms with Crippen LogP contribution in [0.1, 0.15) is 13.3 Å². The lowest BCUT2D eigenvalue weighted by Gasteiger charge is -2.44. The molecule has 0 fully saturated rings. The molecule has 3 amide bonds. The number of hydrogen-bond donors (Lipinski definition) is 1. The summed E-state index contributed by atoms with van der Waals surface area (Å²) in [6, 6.07) is 8.48. The first-order valence-corrected chi connectivity index (χ1v) is 10.4. The Morgan fingerprint density at radius 1 is 1.04 bits per heavy atom. The molecule has 9 heteroatoms. The van der Waals surface area contributed by atoms with E-state index in [2.05, 4.69) is 24.4 Å². The van der Waals surface area contributed by atoms with Gasteiger partial charge in [0.2, 0.25) is 0 Å². The van der Waals surface area contributed by atoms with Gasteiger partial charge in [0.1, 0.15) is 5.29 Å². The van der Waals surface area contributed by atoms with E-state index < -0.39 is 13.4 Å². The molecule has 0 radical (unpaired) electrons. The van der Waals surface area contributed by atoms with E-state index in [1.54, 1.807) is 12.1 Å². The number of urea groups is 1. The van der Waals surface area contributed by atoms with Gasteiger partial charge in [0, 0.05) is 5.69 Å². The predicted molar refractivity (Wildman–Crippen MR) is 113 cm³/mol. The molecule has 0 aliphatic carbocycles. The molecule has 1 aliphatic heterocycles. The molecule has 1 aromatic rings. The molecular weight excluding hydrogens is 363 g/mol. The lowest BCUT2D eigenvalue weighted by atomic mass is 10.2. The highest BCUT2D eigenvalue weighted by atomic mass is 31.2. The predicted octanol–water partition coefficient (Wildman–Crippen LogP) is 2.45. The van der Waals surface area contributed by atoms with Gasteiger partial charge in [-0.2, -0.15) is 5.10 Å². The zero-order chi connectivity index (χ0) is 20.4. The molecule has 0 bridgehead atoms. The van der Waals surface area contributed by atoms with E-state index in [0.717, 1.165) is 5.01 Å². The standard InChI is InChI=1S/C18H29N6O2P/c1-8-15-16(27(21(2)3,22(4)5)23(6)7)17(25)24(20-15)18(26)19-14-12-10-9-11-13-14/h9-13H,8H2,1-7H3,(H,19,26). The second-order valence-corrected chi connectivity index (χ2v) is 10.8. The number of hydrogen-bond acceptors (Lipinski definition) is 6. The van der Waals surface area contributed by atoms with Crippen molar-refractivity contribution in [1.29, 1.82) is 0 Å². The topological polar surface area (TPSA) is 71.5 Å². The molecule has 0 spiro atoms. The van der Waals surface area contributed by atoms with E-state index >= 15 is 0 Å². The Hall–Kier alpha value is -1.99. The number of rotatable bonds is 5. The van der Waals surface area contributed by atoms with E-state index in [4.69, 9.17) is 0 Å². The average Bonchev–Trinajstić information content (AvgIpc) is 2.93. The normalized spacial score (nSPS) is 15.2. The molecule has 27 heavy (non-hydrogen) atoms. The van der Waals surface area contributed by atoms with E-state index in [1.807, 2.05) is 67.4 Å². The summed E-state index contributed by atoms with van der Waals surface area (Å²) in [6.07, 6.45) is 0.563. The maximum atomic E-state index is 13.3. The minimum Gasteiger partial charge on any atom is -0.306 e. The summed E-state index contributed by atoms with van der Waals surface area (Å²) in [6.45, 7) is 1.94. The average molecular weight is 392 g/mol. The summed E-state index contributed by atoms with van der Waals surface area (Å²) >= 11 is 0. The van der Waals surface area contributed by atoms with Gasteiger partial charge in [-0.05, 0) is 60.8 Å². The fourth-order valence-corrected chi connectivity index (χ4v) is 7.73. The third-order valence-electron chi connectivity index (χ3n) is 4.41. The van der Waals surface area contributed by atoms with Gasteiger partial charge in [0.25, 0.3) is 5.91 Å². The first-order valence-electron chi connectivity index (χ1n) is 8.76. The lowest BCUT2D eigenvalue weighted by Crippen LogP contribution is -2.42. The summed E-state index contributed by atoms with van der Waals surface area (Å²) in [4.78, 5) is 26.0. The Labute approximate surface area is 161 Å². The summed E-state index contributed by atoms with van der Waals surface area (Å²) in [5, 5.41) is 8.65. The molecule has 0 aromatic heterocycles. The van der Waals surface area contributed by atoms with E-state index in [1.165, 1.54) is 0 Å². The van der Waals surface area contributed by atoms with Crippen LogP contribution in [0.25, 0.3) is 0 Å². The molecule has 0 saturated carbocycles. The van der Waals surface area contributed by atoms with Gasteiger partial charge in [-0.1, -0.05) is 25.1 Å². The Bertz CT molecular complexity index is 773. The van der Waals surface area contributed by atoms with Crippen LogP contribution in [-0.2, 0) is 4.79 Å². The number of hydrazone groups is 1. The minimum atomic E-state index is -2.33. The van der Waals surface area contributed by atoms with Gasteiger partial charge in [-0.25, -0.2) is 4.79 Å². The highest BCUT2D eigenvalue weighted by molar-refractivity contribution is 7.73. The Morgan fingerprint density at radius 3 is 2.00 bits per heavy atom. The molecule has 1 N–H and O–H groups in total. The summed E-state index contributed by atoms with van der Waals surface area (Å²) in [7, 11) is 9.38. The molecule has 0 saturated heterocycles. The molecule has 0 atom stereocenters. The Morgan fingerprint density at radius 2 is 1.56 bits per heavy atom. The van der Waals surface area contributed by atoms with Crippen molar-refractivity contribution < 1.29 is 9.59 Å². The van der Waals surface area contributed by atoms with Crippen LogP contribution >= 0.6 is 7.34 Å². The fourth-order valence-electron chi connectivity index (χ4n) is 3.49. The third-order valence-corrected chi connectivity index (χ3v) is 8.81. The quantitative estimate of drug-likeness (QED) is 0.780. The molecule has 2 rings (SSSR count). The van der Waals surface area contributed by atoms with Gasteiger partial charge in [0.15, 0.2) is 0 Å². The second kappa shape index (κ2) is 8.35. The fraction of sp³-hybridized carbons (Fsp3) is 0.444. The van der Waals surface area contributed by atoms with Gasteiger partial charge in [-0.3, -0.25) is 18.8 Å². The highest BCUT2D eigenvalue weighted by Crippen LogP contribution is 2.55. The SMILES string of the molecule is CCC1=NN(C(=O)Nc2ccccc2)C(=O)C1=P(N(C)C)(N(C)C)N(C)C. The number of nitrogens with one attached hydrogen (secondary N) is 1. The van der Waals surface area contributed by atoms with E-state index in [0.29, 0.717) is 23.1 Å². The van der Waals surface area contributed by atoms with Crippen molar-refractivity contribution in [3.05, 3.63) is 30.3 Å². The zero-order valence-corrected chi connectivity index (χ0v) is 18.0. The number of amides is 3. The van der Waals surface area contributed by atoms with Crippen molar-refractivity contribution in [2.24, 2.45) is 5.10 Å². The smallest absolute Gasteiger partial charge is 0.306 e. The lowest BCUT2D eigenvalue weighted by molar-refractivity contribution is -0.120. The van der Waals surface area contributed by atoms with Crippen molar-refractivity contribution in [1.82, 2.24) is 19.0 Å². The second-order valence-electron chi connectivity index (χ2n) is 6.77. The van der Waals surface area contributed by atoms with Crippen LogP contribution in [0.3, 0.4) is 0 Å². The maximum absolute atomic E-state index is 13.3. The van der Waals surface area contributed by atoms with Crippen LogP contribution in [0.5, 0.6) is 0 Å². The highest BCUT2D eigenvalue weighted by Gasteiger charge is 2.43. The number of carbonyl (C=O) groups is 2. The van der Waals surface area contributed by atoms with Crippen LogP contribution in [0.15, 0.2) is 35.4 Å². The number of para-hydroxylation sites is 1. The molecule has 148 valence electrons. The monoisotopic (exact) mass is 392 g/mol. The van der Waals surface area contributed by atoms with Crippen molar-refractivity contribution in [2.75, 3.05) is 47.6 Å². The largest absolute Gasteiger partial charge is 0.349 e.